The largest absolute Gasteiger partial charge is 0.469 e. The fraction of sp³-hybridized carbons (Fsp3) is 0.429. The normalized spacial score (nSPS) is 11.9. The van der Waals surface area contributed by atoms with Gasteiger partial charge in [0.15, 0.2) is 5.78 Å². The van der Waals surface area contributed by atoms with Gasteiger partial charge in [-0.15, -0.1) is 0 Å². The van der Waals surface area contributed by atoms with E-state index >= 15 is 0 Å². The molecule has 0 amide bonds. The molecule has 1 aromatic carbocycles. The molecule has 0 saturated heterocycles. The fourth-order valence-electron chi connectivity index (χ4n) is 1.74. The molecule has 0 bridgehead atoms. The molecule has 1 rings (SSSR count). The summed E-state index contributed by atoms with van der Waals surface area (Å²) in [7, 11) is 1.35. The molecule has 0 saturated carbocycles. The molecule has 1 N–H and O–H groups in total. The average Bonchev–Trinajstić information content (AvgIpc) is 2.43. The molecule has 0 aliphatic heterocycles. The molecule has 1 atom stereocenters. The van der Waals surface area contributed by atoms with Crippen LogP contribution in [0.5, 0.6) is 0 Å². The molecule has 18 heavy (non-hydrogen) atoms. The van der Waals surface area contributed by atoms with Gasteiger partial charge in [0.1, 0.15) is 0 Å². The highest BCUT2D eigenvalue weighted by Gasteiger charge is 2.19. The molecule has 0 aliphatic rings. The number of benzene rings is 1. The van der Waals surface area contributed by atoms with Crippen LogP contribution in [-0.2, 0) is 9.53 Å². The first-order valence-corrected chi connectivity index (χ1v) is 6.08. The highest BCUT2D eigenvalue weighted by Crippen LogP contribution is 2.08. The maximum atomic E-state index is 12.2. The quantitative estimate of drug-likeness (QED) is 0.591. The number of nitrogens with one attached hydrogen (secondary N) is 1. The van der Waals surface area contributed by atoms with Gasteiger partial charge in [0, 0.05) is 12.0 Å². The van der Waals surface area contributed by atoms with E-state index in [1.807, 2.05) is 25.1 Å². The minimum absolute atomic E-state index is 0.0151. The van der Waals surface area contributed by atoms with Crippen LogP contribution in [0.25, 0.3) is 0 Å². The maximum absolute atomic E-state index is 12.2. The number of ketones is 1. The molecular weight excluding hydrogens is 230 g/mol. The highest BCUT2D eigenvalue weighted by molar-refractivity contribution is 6.00. The Hall–Kier alpha value is -1.68. The molecule has 4 heteroatoms. The van der Waals surface area contributed by atoms with Crippen molar-refractivity contribution in [3.8, 4) is 0 Å². The Balaban J connectivity index is 2.66. The number of Topliss-reactive ketones (excluding diaryl/α,β-unsaturated/α-hetero) is 1. The summed E-state index contributed by atoms with van der Waals surface area (Å²) >= 11 is 0. The third-order valence-electron chi connectivity index (χ3n) is 2.69. The Morgan fingerprint density at radius 2 is 1.94 bits per heavy atom. The second-order valence-corrected chi connectivity index (χ2v) is 3.96. The molecule has 0 spiro atoms. The topological polar surface area (TPSA) is 55.4 Å². The predicted molar refractivity (Wildman–Crippen MR) is 69.5 cm³/mol. The first-order valence-electron chi connectivity index (χ1n) is 6.08. The molecule has 0 aromatic heterocycles. The lowest BCUT2D eigenvalue weighted by Crippen LogP contribution is -2.37. The number of carbonyl (C=O) groups excluding carboxylic acids is 2. The van der Waals surface area contributed by atoms with Crippen molar-refractivity contribution in [2.24, 2.45) is 0 Å². The number of likely N-dealkylation sites (N-methyl/N-ethyl adjacent to an activating group) is 1. The first kappa shape index (κ1) is 14.4. The molecule has 1 unspecified atom stereocenters. The van der Waals surface area contributed by atoms with Gasteiger partial charge in [-0.2, -0.15) is 0 Å². The number of carbonyl (C=O) groups is 2. The van der Waals surface area contributed by atoms with Gasteiger partial charge in [-0.3, -0.25) is 9.59 Å². The molecular formula is C14H19NO3. The predicted octanol–water partition coefficient (Wildman–Crippen LogP) is 1.80. The van der Waals surface area contributed by atoms with Crippen LogP contribution in [0.15, 0.2) is 30.3 Å². The van der Waals surface area contributed by atoms with Crippen molar-refractivity contribution in [2.45, 2.75) is 25.8 Å². The highest BCUT2D eigenvalue weighted by atomic mass is 16.5. The van der Waals surface area contributed by atoms with Crippen LogP contribution in [0, 0.1) is 0 Å². The van der Waals surface area contributed by atoms with E-state index < -0.39 is 0 Å². The van der Waals surface area contributed by atoms with E-state index in [1.54, 1.807) is 12.1 Å². The number of esters is 1. The van der Waals surface area contributed by atoms with Gasteiger partial charge >= 0.3 is 5.97 Å². The van der Waals surface area contributed by atoms with Crippen LogP contribution in [0.4, 0.5) is 0 Å². The Kier molecular flexibility index (Phi) is 6.08. The fourth-order valence-corrected chi connectivity index (χ4v) is 1.74. The summed E-state index contributed by atoms with van der Waals surface area (Å²) in [5.41, 5.74) is 0.660. The monoisotopic (exact) mass is 249 g/mol. The lowest BCUT2D eigenvalue weighted by Gasteiger charge is -2.16. The Morgan fingerprint density at radius 1 is 1.28 bits per heavy atom. The zero-order chi connectivity index (χ0) is 13.4. The van der Waals surface area contributed by atoms with Gasteiger partial charge in [0.25, 0.3) is 0 Å². The summed E-state index contributed by atoms with van der Waals surface area (Å²) in [5, 5.41) is 3.10. The van der Waals surface area contributed by atoms with Gasteiger partial charge in [-0.05, 0) is 13.0 Å². The molecule has 0 fully saturated rings. The second-order valence-electron chi connectivity index (χ2n) is 3.96. The van der Waals surface area contributed by atoms with Crippen LogP contribution in [-0.4, -0.2) is 31.4 Å². The van der Waals surface area contributed by atoms with E-state index in [2.05, 4.69) is 10.1 Å². The second kappa shape index (κ2) is 7.61. The minimum Gasteiger partial charge on any atom is -0.469 e. The zero-order valence-electron chi connectivity index (χ0n) is 10.8. The third-order valence-corrected chi connectivity index (χ3v) is 2.69. The molecule has 0 aliphatic carbocycles. The minimum atomic E-state index is -0.337. The van der Waals surface area contributed by atoms with Crippen molar-refractivity contribution in [1.82, 2.24) is 5.32 Å². The van der Waals surface area contributed by atoms with E-state index in [-0.39, 0.29) is 24.2 Å². The molecule has 0 radical (unpaired) electrons. The molecule has 1 aromatic rings. The number of hydrogen-bond acceptors (Lipinski definition) is 4. The van der Waals surface area contributed by atoms with Crippen molar-refractivity contribution in [2.75, 3.05) is 13.7 Å². The average molecular weight is 249 g/mol. The van der Waals surface area contributed by atoms with E-state index in [0.29, 0.717) is 18.5 Å². The van der Waals surface area contributed by atoms with Crippen molar-refractivity contribution in [3.63, 3.8) is 0 Å². The number of rotatable bonds is 7. The van der Waals surface area contributed by atoms with Crippen LogP contribution in [0.2, 0.25) is 0 Å². The van der Waals surface area contributed by atoms with E-state index in [4.69, 9.17) is 0 Å². The van der Waals surface area contributed by atoms with Gasteiger partial charge in [0.05, 0.1) is 13.2 Å². The Bertz CT molecular complexity index is 389. The van der Waals surface area contributed by atoms with E-state index in [1.165, 1.54) is 7.11 Å². The van der Waals surface area contributed by atoms with Crippen molar-refractivity contribution in [1.29, 1.82) is 0 Å². The van der Waals surface area contributed by atoms with Crippen molar-refractivity contribution >= 4 is 11.8 Å². The van der Waals surface area contributed by atoms with E-state index in [0.717, 1.165) is 0 Å². The summed E-state index contributed by atoms with van der Waals surface area (Å²) in [6.45, 7) is 2.62. The third kappa shape index (κ3) is 4.30. The number of ether oxygens (including phenoxy) is 1. The molecule has 98 valence electrons. The summed E-state index contributed by atoms with van der Waals surface area (Å²) < 4.78 is 4.59. The first-order chi connectivity index (χ1) is 8.69. The summed E-state index contributed by atoms with van der Waals surface area (Å²) in [6.07, 6.45) is 0.695. The molecule has 4 nitrogen and oxygen atoms in total. The van der Waals surface area contributed by atoms with Gasteiger partial charge in [-0.25, -0.2) is 0 Å². The van der Waals surface area contributed by atoms with Gasteiger partial charge < -0.3 is 10.1 Å². The van der Waals surface area contributed by atoms with Crippen molar-refractivity contribution in [3.05, 3.63) is 35.9 Å². The van der Waals surface area contributed by atoms with Crippen LogP contribution in [0.3, 0.4) is 0 Å². The number of hydrogen-bond donors (Lipinski definition) is 1. The van der Waals surface area contributed by atoms with Crippen LogP contribution >= 0.6 is 0 Å². The van der Waals surface area contributed by atoms with Crippen LogP contribution < -0.4 is 5.32 Å². The lowest BCUT2D eigenvalue weighted by molar-refractivity contribution is -0.140. The Morgan fingerprint density at radius 3 is 2.50 bits per heavy atom. The maximum Gasteiger partial charge on any atom is 0.305 e. The summed E-state index contributed by atoms with van der Waals surface area (Å²) in [6, 6.07) is 8.76. The van der Waals surface area contributed by atoms with Crippen LogP contribution in [0.1, 0.15) is 30.1 Å². The zero-order valence-corrected chi connectivity index (χ0v) is 10.8. The van der Waals surface area contributed by atoms with Crippen molar-refractivity contribution < 1.29 is 14.3 Å². The summed E-state index contributed by atoms with van der Waals surface area (Å²) in [4.78, 5) is 23.3. The Labute approximate surface area is 107 Å². The summed E-state index contributed by atoms with van der Waals surface area (Å²) in [5.74, 6) is -0.278. The van der Waals surface area contributed by atoms with E-state index in [9.17, 15) is 9.59 Å². The van der Waals surface area contributed by atoms with Gasteiger partial charge in [-0.1, -0.05) is 37.3 Å². The molecule has 0 heterocycles. The smallest absolute Gasteiger partial charge is 0.305 e. The lowest BCUT2D eigenvalue weighted by atomic mass is 10.00. The standard InChI is InChI=1S/C14H19NO3/c1-3-15-12(9-10-13(16)18-2)14(17)11-7-5-4-6-8-11/h4-8,12,15H,3,9-10H2,1-2H3. The van der Waals surface area contributed by atoms with Gasteiger partial charge in [0.2, 0.25) is 0 Å². The SMILES string of the molecule is CCNC(CCC(=O)OC)C(=O)c1ccccc1. The number of methoxy groups -OCH3 is 1.